The monoisotopic (exact) mass is 245 g/mol. The van der Waals surface area contributed by atoms with Crippen LogP contribution in [0.15, 0.2) is 24.7 Å². The Balaban J connectivity index is 1.71. The van der Waals surface area contributed by atoms with Gasteiger partial charge in [0.2, 0.25) is 0 Å². The van der Waals surface area contributed by atoms with Crippen molar-refractivity contribution in [2.45, 2.75) is 18.9 Å². The number of hydrogen-bond acceptors (Lipinski definition) is 4. The molecular formula is C12H15N5O. The molecule has 1 saturated carbocycles. The number of nitrogens with two attached hydrogens (primary N) is 1. The Morgan fingerprint density at radius 1 is 1.61 bits per heavy atom. The molecule has 0 saturated heterocycles. The Kier molecular flexibility index (Phi) is 2.71. The van der Waals surface area contributed by atoms with Crippen LogP contribution in [-0.2, 0) is 0 Å². The summed E-state index contributed by atoms with van der Waals surface area (Å²) < 4.78 is 1.58. The molecule has 0 radical (unpaired) electrons. The van der Waals surface area contributed by atoms with E-state index in [1.807, 2.05) is 0 Å². The number of nitrogens with one attached hydrogen (secondary N) is 1. The van der Waals surface area contributed by atoms with Crippen molar-refractivity contribution < 1.29 is 4.79 Å². The largest absolute Gasteiger partial charge is 0.350 e. The van der Waals surface area contributed by atoms with Gasteiger partial charge in [-0.05, 0) is 24.8 Å². The fourth-order valence-corrected chi connectivity index (χ4v) is 1.98. The smallest absolute Gasteiger partial charge is 0.256 e. The molecule has 1 amide bonds. The number of rotatable bonds is 4. The highest BCUT2D eigenvalue weighted by Gasteiger charge is 2.28. The van der Waals surface area contributed by atoms with Crippen LogP contribution < -0.4 is 11.1 Å². The third-order valence-electron chi connectivity index (χ3n) is 3.25. The Hall–Kier alpha value is -1.95. The summed E-state index contributed by atoms with van der Waals surface area (Å²) in [4.78, 5) is 16.2. The molecule has 94 valence electrons. The maximum absolute atomic E-state index is 12.0. The van der Waals surface area contributed by atoms with Gasteiger partial charge in [-0.25, -0.2) is 9.50 Å². The summed E-state index contributed by atoms with van der Waals surface area (Å²) in [5.41, 5.74) is 6.99. The van der Waals surface area contributed by atoms with Gasteiger partial charge in [0.25, 0.3) is 5.91 Å². The zero-order valence-electron chi connectivity index (χ0n) is 9.91. The van der Waals surface area contributed by atoms with Gasteiger partial charge in [-0.3, -0.25) is 4.79 Å². The van der Waals surface area contributed by atoms with Crippen LogP contribution in [0.3, 0.4) is 0 Å². The highest BCUT2D eigenvalue weighted by molar-refractivity contribution is 5.99. The van der Waals surface area contributed by atoms with Crippen molar-refractivity contribution in [1.82, 2.24) is 19.9 Å². The molecule has 3 N–H and O–H groups in total. The van der Waals surface area contributed by atoms with Crippen molar-refractivity contribution >= 4 is 11.6 Å². The fourth-order valence-electron chi connectivity index (χ4n) is 1.98. The first-order valence-electron chi connectivity index (χ1n) is 6.08. The molecule has 0 aromatic carbocycles. The van der Waals surface area contributed by atoms with Crippen LogP contribution in [0.2, 0.25) is 0 Å². The van der Waals surface area contributed by atoms with Crippen LogP contribution in [0.25, 0.3) is 5.65 Å². The topological polar surface area (TPSA) is 85.3 Å². The first-order valence-corrected chi connectivity index (χ1v) is 6.08. The number of carbonyl (C=O) groups is 1. The molecule has 18 heavy (non-hydrogen) atoms. The first kappa shape index (κ1) is 11.2. The lowest BCUT2D eigenvalue weighted by atomic mass is 10.2. The lowest BCUT2D eigenvalue weighted by Crippen LogP contribution is -2.38. The summed E-state index contributed by atoms with van der Waals surface area (Å²) in [6.07, 6.45) is 7.28. The normalized spacial score (nSPS) is 16.7. The SMILES string of the molecule is NC(CNC(=O)c1cnn2cccnc12)C1CC1. The molecule has 0 bridgehead atoms. The molecule has 1 unspecified atom stereocenters. The van der Waals surface area contributed by atoms with E-state index in [0.29, 0.717) is 23.7 Å². The maximum Gasteiger partial charge on any atom is 0.256 e. The molecule has 2 aromatic heterocycles. The lowest BCUT2D eigenvalue weighted by Gasteiger charge is -2.10. The van der Waals surface area contributed by atoms with Gasteiger partial charge >= 0.3 is 0 Å². The molecule has 0 spiro atoms. The summed E-state index contributed by atoms with van der Waals surface area (Å²) in [6, 6.07) is 1.83. The second-order valence-electron chi connectivity index (χ2n) is 4.66. The summed E-state index contributed by atoms with van der Waals surface area (Å²) in [5.74, 6) is 0.409. The summed E-state index contributed by atoms with van der Waals surface area (Å²) in [5, 5.41) is 6.92. The van der Waals surface area contributed by atoms with E-state index in [-0.39, 0.29) is 11.9 Å². The highest BCUT2D eigenvalue weighted by Crippen LogP contribution is 2.31. The Bertz CT molecular complexity index is 575. The number of hydrogen-bond donors (Lipinski definition) is 2. The van der Waals surface area contributed by atoms with Crippen LogP contribution in [0, 0.1) is 5.92 Å². The Morgan fingerprint density at radius 3 is 3.22 bits per heavy atom. The van der Waals surface area contributed by atoms with E-state index in [9.17, 15) is 4.79 Å². The number of amides is 1. The average Bonchev–Trinajstić information content (AvgIpc) is 3.15. The van der Waals surface area contributed by atoms with Crippen molar-refractivity contribution in [3.8, 4) is 0 Å². The third kappa shape index (κ3) is 2.06. The van der Waals surface area contributed by atoms with Gasteiger partial charge in [0, 0.05) is 25.0 Å². The minimum atomic E-state index is -0.167. The second-order valence-corrected chi connectivity index (χ2v) is 4.66. The average molecular weight is 245 g/mol. The van der Waals surface area contributed by atoms with E-state index in [1.165, 1.54) is 19.0 Å². The molecule has 0 aliphatic heterocycles. The van der Waals surface area contributed by atoms with Crippen molar-refractivity contribution in [2.24, 2.45) is 11.7 Å². The number of carbonyl (C=O) groups excluding carboxylic acids is 1. The Labute approximate surface area is 104 Å². The molecule has 3 rings (SSSR count). The van der Waals surface area contributed by atoms with Gasteiger partial charge in [0.15, 0.2) is 5.65 Å². The van der Waals surface area contributed by atoms with Crippen molar-refractivity contribution in [1.29, 1.82) is 0 Å². The minimum absolute atomic E-state index is 0.0590. The molecular weight excluding hydrogens is 230 g/mol. The molecule has 1 atom stereocenters. The van der Waals surface area contributed by atoms with E-state index in [1.54, 1.807) is 23.0 Å². The van der Waals surface area contributed by atoms with Crippen LogP contribution in [0.1, 0.15) is 23.2 Å². The summed E-state index contributed by atoms with van der Waals surface area (Å²) in [7, 11) is 0. The van der Waals surface area contributed by atoms with Crippen molar-refractivity contribution in [3.05, 3.63) is 30.2 Å². The second kappa shape index (κ2) is 4.38. The van der Waals surface area contributed by atoms with Gasteiger partial charge in [-0.2, -0.15) is 5.10 Å². The zero-order chi connectivity index (χ0) is 12.5. The van der Waals surface area contributed by atoms with Crippen LogP contribution >= 0.6 is 0 Å². The number of nitrogens with zero attached hydrogens (tertiary/aromatic N) is 3. The Morgan fingerprint density at radius 2 is 2.44 bits per heavy atom. The molecule has 2 heterocycles. The molecule has 1 fully saturated rings. The molecule has 6 nitrogen and oxygen atoms in total. The molecule has 2 aromatic rings. The number of fused-ring (bicyclic) bond motifs is 1. The van der Waals surface area contributed by atoms with Crippen molar-refractivity contribution in [3.63, 3.8) is 0 Å². The quantitative estimate of drug-likeness (QED) is 0.805. The molecule has 1 aliphatic rings. The zero-order valence-corrected chi connectivity index (χ0v) is 9.91. The van der Waals surface area contributed by atoms with E-state index < -0.39 is 0 Å². The number of aromatic nitrogens is 3. The predicted octanol–water partition coefficient (Wildman–Crippen LogP) is 0.196. The van der Waals surface area contributed by atoms with E-state index in [0.717, 1.165) is 0 Å². The molecule has 6 heteroatoms. The standard InChI is InChI=1S/C12H15N5O/c13-10(8-2-3-8)7-15-12(18)9-6-16-17-5-1-4-14-11(9)17/h1,4-6,8,10H,2-3,7,13H2,(H,15,18). The van der Waals surface area contributed by atoms with Crippen LogP contribution in [-0.4, -0.2) is 33.1 Å². The van der Waals surface area contributed by atoms with Gasteiger partial charge in [-0.15, -0.1) is 0 Å². The van der Waals surface area contributed by atoms with Gasteiger partial charge < -0.3 is 11.1 Å². The van der Waals surface area contributed by atoms with E-state index in [4.69, 9.17) is 5.73 Å². The van der Waals surface area contributed by atoms with E-state index >= 15 is 0 Å². The first-order chi connectivity index (χ1) is 8.75. The van der Waals surface area contributed by atoms with Crippen molar-refractivity contribution in [2.75, 3.05) is 6.54 Å². The lowest BCUT2D eigenvalue weighted by molar-refractivity contribution is 0.0951. The van der Waals surface area contributed by atoms with Crippen LogP contribution in [0.5, 0.6) is 0 Å². The van der Waals surface area contributed by atoms with Gasteiger partial charge in [-0.1, -0.05) is 0 Å². The molecule has 1 aliphatic carbocycles. The van der Waals surface area contributed by atoms with E-state index in [2.05, 4.69) is 15.4 Å². The highest BCUT2D eigenvalue weighted by atomic mass is 16.1. The summed E-state index contributed by atoms with van der Waals surface area (Å²) in [6.45, 7) is 0.508. The van der Waals surface area contributed by atoms with Gasteiger partial charge in [0.1, 0.15) is 5.56 Å². The summed E-state index contributed by atoms with van der Waals surface area (Å²) >= 11 is 0. The maximum atomic E-state index is 12.0. The third-order valence-corrected chi connectivity index (χ3v) is 3.25. The predicted molar refractivity (Wildman–Crippen MR) is 66.0 cm³/mol. The van der Waals surface area contributed by atoms with Gasteiger partial charge in [0.05, 0.1) is 6.20 Å². The fraction of sp³-hybridized carbons (Fsp3) is 0.417. The van der Waals surface area contributed by atoms with Crippen LogP contribution in [0.4, 0.5) is 0 Å². The minimum Gasteiger partial charge on any atom is -0.350 e.